The van der Waals surface area contributed by atoms with E-state index < -0.39 is 10.0 Å². The van der Waals surface area contributed by atoms with Crippen LogP contribution < -0.4 is 10.5 Å². The Kier molecular flexibility index (Phi) is 5.41. The Hall–Kier alpha value is -0.590. The molecule has 1 rings (SSSR count). The second-order valence-electron chi connectivity index (χ2n) is 5.00. The van der Waals surface area contributed by atoms with Crippen LogP contribution in [-0.4, -0.2) is 14.5 Å². The fourth-order valence-electron chi connectivity index (χ4n) is 1.91. The molecule has 1 unspecified atom stereocenters. The summed E-state index contributed by atoms with van der Waals surface area (Å²) >= 11 is 3.28. The summed E-state index contributed by atoms with van der Waals surface area (Å²) in [6.07, 6.45) is 0.749. The second-order valence-corrected chi connectivity index (χ2v) is 7.60. The van der Waals surface area contributed by atoms with Crippen LogP contribution >= 0.6 is 15.9 Å². The average molecular weight is 349 g/mol. The monoisotopic (exact) mass is 348 g/mol. The predicted octanol–water partition coefficient (Wildman–Crippen LogP) is 3.05. The number of rotatable bonds is 5. The summed E-state index contributed by atoms with van der Waals surface area (Å²) in [6, 6.07) is 3.21. The van der Waals surface area contributed by atoms with Gasteiger partial charge in [-0.2, -0.15) is 0 Å². The van der Waals surface area contributed by atoms with Gasteiger partial charge in [-0.3, -0.25) is 0 Å². The average Bonchev–Trinajstić information content (AvgIpc) is 2.30. The Morgan fingerprint density at radius 2 is 1.95 bits per heavy atom. The highest BCUT2D eigenvalue weighted by atomic mass is 79.9. The first kappa shape index (κ1) is 16.5. The molecule has 0 aromatic heterocycles. The van der Waals surface area contributed by atoms with Crippen molar-refractivity contribution in [2.75, 3.05) is 5.73 Å². The van der Waals surface area contributed by atoms with Crippen LogP contribution in [0.3, 0.4) is 0 Å². The van der Waals surface area contributed by atoms with E-state index in [1.165, 1.54) is 0 Å². The molecule has 0 amide bonds. The highest BCUT2D eigenvalue weighted by Crippen LogP contribution is 2.26. The molecule has 0 spiro atoms. The summed E-state index contributed by atoms with van der Waals surface area (Å²) in [5.74, 6) is 0.240. The van der Waals surface area contributed by atoms with E-state index in [2.05, 4.69) is 20.7 Å². The van der Waals surface area contributed by atoms with Gasteiger partial charge in [0.15, 0.2) is 0 Å². The van der Waals surface area contributed by atoms with Gasteiger partial charge in [-0.05, 0) is 37.0 Å². The van der Waals surface area contributed by atoms with Crippen LogP contribution in [0, 0.1) is 12.8 Å². The Bertz CT molecular complexity index is 556. The van der Waals surface area contributed by atoms with E-state index >= 15 is 0 Å². The van der Waals surface area contributed by atoms with Gasteiger partial charge >= 0.3 is 0 Å². The maximum Gasteiger partial charge on any atom is 0.241 e. The lowest BCUT2D eigenvalue weighted by Crippen LogP contribution is -2.38. The Balaban J connectivity index is 3.21. The number of benzene rings is 1. The maximum absolute atomic E-state index is 12.4. The van der Waals surface area contributed by atoms with Crippen molar-refractivity contribution in [3.8, 4) is 0 Å². The molecule has 1 atom stereocenters. The molecule has 0 aliphatic rings. The molecule has 0 bridgehead atoms. The Morgan fingerprint density at radius 1 is 1.37 bits per heavy atom. The van der Waals surface area contributed by atoms with Gasteiger partial charge in [0.1, 0.15) is 0 Å². The Morgan fingerprint density at radius 3 is 2.42 bits per heavy atom. The van der Waals surface area contributed by atoms with Crippen LogP contribution in [0.25, 0.3) is 0 Å². The highest BCUT2D eigenvalue weighted by Gasteiger charge is 2.23. The van der Waals surface area contributed by atoms with E-state index in [1.54, 1.807) is 19.1 Å². The third-order valence-corrected chi connectivity index (χ3v) is 5.28. The molecule has 4 nitrogen and oxygen atoms in total. The normalized spacial score (nSPS) is 13.8. The van der Waals surface area contributed by atoms with Crippen molar-refractivity contribution >= 4 is 31.6 Å². The van der Waals surface area contributed by atoms with Gasteiger partial charge in [-0.15, -0.1) is 0 Å². The van der Waals surface area contributed by atoms with Gasteiger partial charge in [0.2, 0.25) is 10.0 Å². The number of anilines is 1. The molecule has 1 aromatic carbocycles. The zero-order valence-electron chi connectivity index (χ0n) is 11.7. The summed E-state index contributed by atoms with van der Waals surface area (Å²) < 4.78 is 28.3. The first-order chi connectivity index (χ1) is 8.69. The summed E-state index contributed by atoms with van der Waals surface area (Å²) in [4.78, 5) is 0.235. The third-order valence-electron chi connectivity index (χ3n) is 3.21. The lowest BCUT2D eigenvalue weighted by Gasteiger charge is -2.21. The molecule has 0 aliphatic heterocycles. The zero-order valence-corrected chi connectivity index (χ0v) is 14.1. The van der Waals surface area contributed by atoms with Crippen molar-refractivity contribution < 1.29 is 8.42 Å². The number of hydrogen-bond acceptors (Lipinski definition) is 3. The number of halogens is 1. The quantitative estimate of drug-likeness (QED) is 0.803. The second kappa shape index (κ2) is 6.24. The summed E-state index contributed by atoms with van der Waals surface area (Å²) in [5, 5.41) is 0. The fourth-order valence-corrected chi connectivity index (χ4v) is 4.30. The van der Waals surface area contributed by atoms with Crippen molar-refractivity contribution in [3.05, 3.63) is 22.2 Å². The van der Waals surface area contributed by atoms with Crippen LogP contribution in [-0.2, 0) is 10.0 Å². The number of nitrogens with one attached hydrogen (secondary N) is 1. The van der Waals surface area contributed by atoms with Gasteiger partial charge in [-0.1, -0.05) is 36.7 Å². The van der Waals surface area contributed by atoms with Gasteiger partial charge < -0.3 is 5.73 Å². The van der Waals surface area contributed by atoms with E-state index in [9.17, 15) is 8.42 Å². The highest BCUT2D eigenvalue weighted by molar-refractivity contribution is 9.10. The van der Waals surface area contributed by atoms with E-state index in [1.807, 2.05) is 20.8 Å². The minimum absolute atomic E-state index is 0.0791. The smallest absolute Gasteiger partial charge is 0.241 e. The number of nitrogens with two attached hydrogens (primary N) is 1. The summed E-state index contributed by atoms with van der Waals surface area (Å²) in [7, 11) is -3.55. The SMILES string of the molecule is CCC(NS(=O)(=O)c1cc(Br)cc(N)c1C)C(C)C. The molecule has 0 fully saturated rings. The molecule has 6 heteroatoms. The lowest BCUT2D eigenvalue weighted by atomic mass is 10.0. The molecule has 1 aromatic rings. The number of hydrogen-bond donors (Lipinski definition) is 2. The van der Waals surface area contributed by atoms with Crippen LogP contribution in [0.2, 0.25) is 0 Å². The van der Waals surface area contributed by atoms with Crippen LogP contribution in [0.15, 0.2) is 21.5 Å². The van der Waals surface area contributed by atoms with Crippen molar-refractivity contribution in [2.45, 2.75) is 45.1 Å². The predicted molar refractivity (Wildman–Crippen MR) is 82.5 cm³/mol. The molecule has 0 radical (unpaired) electrons. The first-order valence-corrected chi connectivity index (χ1v) is 8.54. The number of sulfonamides is 1. The van der Waals surface area contributed by atoms with Crippen molar-refractivity contribution in [1.82, 2.24) is 4.72 Å². The third kappa shape index (κ3) is 3.94. The van der Waals surface area contributed by atoms with E-state index in [0.29, 0.717) is 15.7 Å². The fraction of sp³-hybridized carbons (Fsp3) is 0.538. The van der Waals surface area contributed by atoms with E-state index in [0.717, 1.165) is 6.42 Å². The van der Waals surface area contributed by atoms with E-state index in [4.69, 9.17) is 5.73 Å². The zero-order chi connectivity index (χ0) is 14.8. The molecular formula is C13H21BrN2O2S. The Labute approximate surface area is 124 Å². The minimum atomic E-state index is -3.55. The number of nitrogen functional groups attached to an aromatic ring is 1. The van der Waals surface area contributed by atoms with Crippen LogP contribution in [0.5, 0.6) is 0 Å². The lowest BCUT2D eigenvalue weighted by molar-refractivity contribution is 0.437. The molecule has 0 aliphatic carbocycles. The van der Waals surface area contributed by atoms with Gasteiger partial charge in [0.05, 0.1) is 4.90 Å². The topological polar surface area (TPSA) is 72.2 Å². The standard InChI is InChI=1S/C13H21BrN2O2S/c1-5-12(8(2)3)16-19(17,18)13-7-10(14)6-11(15)9(13)4/h6-8,12,16H,5,15H2,1-4H3. The van der Waals surface area contributed by atoms with Crippen molar-refractivity contribution in [1.29, 1.82) is 0 Å². The van der Waals surface area contributed by atoms with Crippen molar-refractivity contribution in [2.24, 2.45) is 5.92 Å². The molecule has 0 saturated heterocycles. The molecular weight excluding hydrogens is 328 g/mol. The molecule has 108 valence electrons. The van der Waals surface area contributed by atoms with Gasteiger partial charge in [0.25, 0.3) is 0 Å². The summed E-state index contributed by atoms with van der Waals surface area (Å²) in [5.41, 5.74) is 6.86. The van der Waals surface area contributed by atoms with Gasteiger partial charge in [-0.25, -0.2) is 13.1 Å². The van der Waals surface area contributed by atoms with Crippen LogP contribution in [0.1, 0.15) is 32.8 Å². The molecule has 0 saturated carbocycles. The van der Waals surface area contributed by atoms with Crippen LogP contribution in [0.4, 0.5) is 5.69 Å². The first-order valence-electron chi connectivity index (χ1n) is 6.27. The molecule has 0 heterocycles. The molecule has 19 heavy (non-hydrogen) atoms. The van der Waals surface area contributed by atoms with E-state index in [-0.39, 0.29) is 16.9 Å². The minimum Gasteiger partial charge on any atom is -0.398 e. The maximum atomic E-state index is 12.4. The largest absolute Gasteiger partial charge is 0.398 e. The molecule has 3 N–H and O–H groups in total. The van der Waals surface area contributed by atoms with Gasteiger partial charge in [0, 0.05) is 16.2 Å². The summed E-state index contributed by atoms with van der Waals surface area (Å²) in [6.45, 7) is 7.68. The van der Waals surface area contributed by atoms with Crippen molar-refractivity contribution in [3.63, 3.8) is 0 Å².